The van der Waals surface area contributed by atoms with Crippen molar-refractivity contribution >= 4 is 22.4 Å². The Labute approximate surface area is 146 Å². The molecule has 4 heteroatoms. The number of nitrogens with zero attached hydrogens (tertiary/aromatic N) is 1. The summed E-state index contributed by atoms with van der Waals surface area (Å²) in [4.78, 5) is 13.0. The van der Waals surface area contributed by atoms with Gasteiger partial charge in [0.05, 0.1) is 0 Å². The summed E-state index contributed by atoms with van der Waals surface area (Å²) in [5.41, 5.74) is 8.96. The molecule has 1 heterocycles. The van der Waals surface area contributed by atoms with Crippen molar-refractivity contribution in [1.82, 2.24) is 4.57 Å². The lowest BCUT2D eigenvalue weighted by Crippen LogP contribution is -2.28. The number of fused-ring (bicyclic) bond motifs is 1. The Kier molecular flexibility index (Phi) is 4.74. The van der Waals surface area contributed by atoms with Crippen LogP contribution in [0.5, 0.6) is 0 Å². The molecule has 0 bridgehead atoms. The van der Waals surface area contributed by atoms with Gasteiger partial charge < -0.3 is 10.3 Å². The first kappa shape index (κ1) is 16.7. The van der Waals surface area contributed by atoms with Gasteiger partial charge in [0, 0.05) is 34.8 Å². The Morgan fingerprint density at radius 1 is 1.08 bits per heavy atom. The molecule has 24 heavy (non-hydrogen) atoms. The predicted molar refractivity (Wildman–Crippen MR) is 101 cm³/mol. The summed E-state index contributed by atoms with van der Waals surface area (Å²) in [6.07, 6.45) is 0. The Morgan fingerprint density at radius 3 is 2.42 bits per heavy atom. The first-order valence-corrected chi connectivity index (χ1v) is 8.51. The van der Waals surface area contributed by atoms with E-state index in [4.69, 9.17) is 17.3 Å². The van der Waals surface area contributed by atoms with Crippen molar-refractivity contribution in [2.45, 2.75) is 26.9 Å². The van der Waals surface area contributed by atoms with Gasteiger partial charge in [-0.1, -0.05) is 55.8 Å². The zero-order chi connectivity index (χ0) is 17.3. The Hall–Kier alpha value is -2.10. The highest BCUT2D eigenvalue weighted by Gasteiger charge is 2.18. The molecule has 0 aliphatic rings. The van der Waals surface area contributed by atoms with Crippen LogP contribution in [0.4, 0.5) is 0 Å². The van der Waals surface area contributed by atoms with Crippen LogP contribution in [0.1, 0.15) is 19.5 Å². The Balaban J connectivity index is 2.48. The molecule has 0 unspecified atom stereocenters. The third-order valence-corrected chi connectivity index (χ3v) is 4.38. The van der Waals surface area contributed by atoms with Crippen LogP contribution in [0.25, 0.3) is 21.9 Å². The maximum atomic E-state index is 13.0. The second kappa shape index (κ2) is 6.80. The van der Waals surface area contributed by atoms with E-state index >= 15 is 0 Å². The zero-order valence-corrected chi connectivity index (χ0v) is 14.7. The average Bonchev–Trinajstić information content (AvgIpc) is 2.57. The maximum absolute atomic E-state index is 13.0. The number of halogens is 1. The lowest BCUT2D eigenvalue weighted by Gasteiger charge is -2.20. The molecule has 0 aliphatic heterocycles. The fourth-order valence-corrected chi connectivity index (χ4v) is 3.34. The van der Waals surface area contributed by atoms with E-state index < -0.39 is 0 Å². The summed E-state index contributed by atoms with van der Waals surface area (Å²) in [6.45, 7) is 5.14. The molecule has 0 aliphatic carbocycles. The van der Waals surface area contributed by atoms with Gasteiger partial charge in [-0.2, -0.15) is 0 Å². The topological polar surface area (TPSA) is 48.0 Å². The molecular weight excluding hydrogens is 320 g/mol. The van der Waals surface area contributed by atoms with Crippen LogP contribution >= 0.6 is 11.6 Å². The van der Waals surface area contributed by atoms with E-state index in [9.17, 15) is 4.79 Å². The van der Waals surface area contributed by atoms with Crippen molar-refractivity contribution < 1.29 is 0 Å². The number of hydrogen-bond donors (Lipinski definition) is 1. The second-order valence-electron chi connectivity index (χ2n) is 6.39. The van der Waals surface area contributed by atoms with Gasteiger partial charge in [0.25, 0.3) is 5.56 Å². The van der Waals surface area contributed by atoms with Gasteiger partial charge in [0.1, 0.15) is 0 Å². The molecule has 2 N–H and O–H groups in total. The van der Waals surface area contributed by atoms with E-state index in [2.05, 4.69) is 13.8 Å². The van der Waals surface area contributed by atoms with E-state index in [-0.39, 0.29) is 5.56 Å². The molecule has 0 atom stereocenters. The minimum Gasteiger partial charge on any atom is -0.325 e. The third kappa shape index (κ3) is 2.97. The van der Waals surface area contributed by atoms with E-state index in [1.54, 1.807) is 6.07 Å². The molecule has 0 spiro atoms. The van der Waals surface area contributed by atoms with Gasteiger partial charge in [-0.25, -0.2) is 0 Å². The van der Waals surface area contributed by atoms with E-state index in [0.29, 0.717) is 29.4 Å². The SMILES string of the molecule is CC(C)Cn1c(CN)c(-c2ccccc2)c2cc(Cl)ccc2c1=O. The van der Waals surface area contributed by atoms with Gasteiger partial charge in [-0.05, 0) is 35.1 Å². The highest BCUT2D eigenvalue weighted by atomic mass is 35.5. The van der Waals surface area contributed by atoms with Crippen LogP contribution in [-0.4, -0.2) is 4.57 Å². The highest BCUT2D eigenvalue weighted by molar-refractivity contribution is 6.31. The minimum atomic E-state index is -0.00417. The molecule has 0 saturated carbocycles. The fraction of sp³-hybridized carbons (Fsp3) is 0.250. The summed E-state index contributed by atoms with van der Waals surface area (Å²) in [7, 11) is 0. The van der Waals surface area contributed by atoms with Crippen LogP contribution in [0.15, 0.2) is 53.3 Å². The van der Waals surface area contributed by atoms with Crippen LogP contribution in [-0.2, 0) is 13.1 Å². The number of rotatable bonds is 4. The number of benzene rings is 2. The summed E-state index contributed by atoms with van der Waals surface area (Å²) in [5.74, 6) is 0.348. The third-order valence-electron chi connectivity index (χ3n) is 4.14. The normalized spacial score (nSPS) is 11.4. The second-order valence-corrected chi connectivity index (χ2v) is 6.83. The molecule has 3 rings (SSSR count). The van der Waals surface area contributed by atoms with Gasteiger partial charge in [0.2, 0.25) is 0 Å². The van der Waals surface area contributed by atoms with Gasteiger partial charge in [-0.3, -0.25) is 4.79 Å². The van der Waals surface area contributed by atoms with Crippen molar-refractivity contribution in [1.29, 1.82) is 0 Å². The van der Waals surface area contributed by atoms with Crippen molar-refractivity contribution in [2.24, 2.45) is 11.7 Å². The van der Waals surface area contributed by atoms with Crippen molar-refractivity contribution in [3.63, 3.8) is 0 Å². The van der Waals surface area contributed by atoms with E-state index in [1.165, 1.54) is 0 Å². The van der Waals surface area contributed by atoms with Crippen molar-refractivity contribution in [3.8, 4) is 11.1 Å². The fourth-order valence-electron chi connectivity index (χ4n) is 3.17. The first-order valence-electron chi connectivity index (χ1n) is 8.13. The molecule has 0 fully saturated rings. The smallest absolute Gasteiger partial charge is 0.258 e. The standard InChI is InChI=1S/C20H21ClN2O/c1-13(2)12-23-18(11-22)19(14-6-4-3-5-7-14)17-10-15(21)8-9-16(17)20(23)24/h3-10,13H,11-12,22H2,1-2H3. The first-order chi connectivity index (χ1) is 11.5. The minimum absolute atomic E-state index is 0.00417. The maximum Gasteiger partial charge on any atom is 0.258 e. The quantitative estimate of drug-likeness (QED) is 0.763. The van der Waals surface area contributed by atoms with Gasteiger partial charge in [-0.15, -0.1) is 0 Å². The molecule has 3 nitrogen and oxygen atoms in total. The molecule has 0 saturated heterocycles. The summed E-state index contributed by atoms with van der Waals surface area (Å²) < 4.78 is 1.82. The highest BCUT2D eigenvalue weighted by Crippen LogP contribution is 2.32. The van der Waals surface area contributed by atoms with Crippen LogP contribution in [0.3, 0.4) is 0 Å². The predicted octanol–water partition coefficient (Wildman–Crippen LogP) is 4.44. The van der Waals surface area contributed by atoms with Gasteiger partial charge >= 0.3 is 0 Å². The lowest BCUT2D eigenvalue weighted by molar-refractivity contribution is 0.499. The zero-order valence-electron chi connectivity index (χ0n) is 13.9. The molecule has 1 aromatic heterocycles. The monoisotopic (exact) mass is 340 g/mol. The van der Waals surface area contributed by atoms with Crippen LogP contribution < -0.4 is 11.3 Å². The summed E-state index contributed by atoms with van der Waals surface area (Å²) >= 11 is 6.21. The molecule has 2 aromatic carbocycles. The van der Waals surface area contributed by atoms with E-state index in [1.807, 2.05) is 47.0 Å². The molecular formula is C20H21ClN2O. The number of nitrogens with two attached hydrogens (primary N) is 1. The van der Waals surface area contributed by atoms with Crippen LogP contribution in [0, 0.1) is 5.92 Å². The average molecular weight is 341 g/mol. The molecule has 0 radical (unpaired) electrons. The molecule has 124 valence electrons. The Morgan fingerprint density at radius 2 is 1.79 bits per heavy atom. The summed E-state index contributed by atoms with van der Waals surface area (Å²) in [5, 5.41) is 2.15. The van der Waals surface area contributed by atoms with Crippen molar-refractivity contribution in [2.75, 3.05) is 0 Å². The van der Waals surface area contributed by atoms with Crippen molar-refractivity contribution in [3.05, 3.63) is 69.6 Å². The number of hydrogen-bond acceptors (Lipinski definition) is 2. The number of pyridine rings is 1. The van der Waals surface area contributed by atoms with E-state index in [0.717, 1.165) is 22.2 Å². The number of aromatic nitrogens is 1. The van der Waals surface area contributed by atoms with Crippen LogP contribution in [0.2, 0.25) is 5.02 Å². The van der Waals surface area contributed by atoms with Gasteiger partial charge in [0.15, 0.2) is 0 Å². The Bertz CT molecular complexity index is 930. The molecule has 3 aromatic rings. The molecule has 0 amide bonds. The lowest BCUT2D eigenvalue weighted by atomic mass is 9.96. The summed E-state index contributed by atoms with van der Waals surface area (Å²) in [6, 6.07) is 15.5. The largest absolute Gasteiger partial charge is 0.325 e.